The summed E-state index contributed by atoms with van der Waals surface area (Å²) in [4.78, 5) is 25.2. The van der Waals surface area contributed by atoms with E-state index in [2.05, 4.69) is 38.2 Å². The molecular weight excluding hydrogens is 753 g/mol. The van der Waals surface area contributed by atoms with Crippen LogP contribution in [0.4, 0.5) is 0 Å². The summed E-state index contributed by atoms with van der Waals surface area (Å²) in [7, 11) is -4.61. The monoisotopic (exact) mass is 829 g/mol. The van der Waals surface area contributed by atoms with Crippen molar-refractivity contribution in [3.8, 4) is 0 Å². The summed E-state index contributed by atoms with van der Waals surface area (Å²) in [6, 6.07) is 0. The number of carbonyl (C=O) groups is 2. The zero-order valence-electron chi connectivity index (χ0n) is 34.9. The van der Waals surface area contributed by atoms with Crippen molar-refractivity contribution in [3.05, 3.63) is 48.6 Å². The molecule has 0 bridgehead atoms. The first-order chi connectivity index (χ1) is 27.5. The van der Waals surface area contributed by atoms with Crippen LogP contribution >= 0.6 is 0 Å². The normalized spacial score (nSPS) is 21.0. The summed E-state index contributed by atoms with van der Waals surface area (Å²) in [6.07, 6.45) is 30.7. The minimum absolute atomic E-state index is 0.127. The lowest BCUT2D eigenvalue weighted by Gasteiger charge is -2.40. The van der Waals surface area contributed by atoms with Gasteiger partial charge in [-0.25, -0.2) is 4.79 Å². The van der Waals surface area contributed by atoms with Gasteiger partial charge in [0.2, 0.25) is 0 Å². The van der Waals surface area contributed by atoms with Gasteiger partial charge in [-0.1, -0.05) is 153 Å². The predicted molar refractivity (Wildman–Crippen MR) is 224 cm³/mol. The van der Waals surface area contributed by atoms with Gasteiger partial charge in [0.15, 0.2) is 12.4 Å². The Bertz CT molecular complexity index is 1250. The molecule has 12 nitrogen and oxygen atoms in total. The molecule has 0 aliphatic carbocycles. The molecule has 0 aromatic carbocycles. The van der Waals surface area contributed by atoms with Crippen LogP contribution in [0.3, 0.4) is 0 Å². The Morgan fingerprint density at radius 2 is 1.19 bits per heavy atom. The Morgan fingerprint density at radius 1 is 0.649 bits per heavy atom. The molecule has 13 heteroatoms. The highest BCUT2D eigenvalue weighted by Gasteiger charge is 2.46. The van der Waals surface area contributed by atoms with Crippen molar-refractivity contribution in [1.82, 2.24) is 0 Å². The van der Waals surface area contributed by atoms with E-state index in [1.165, 1.54) is 83.1 Å². The second-order valence-corrected chi connectivity index (χ2v) is 16.6. The van der Waals surface area contributed by atoms with Crippen LogP contribution < -0.4 is 0 Å². The molecule has 1 saturated heterocycles. The molecule has 1 aliphatic heterocycles. The summed E-state index contributed by atoms with van der Waals surface area (Å²) >= 11 is 0. The van der Waals surface area contributed by atoms with Crippen molar-refractivity contribution < 1.29 is 56.8 Å². The van der Waals surface area contributed by atoms with Crippen LogP contribution in [0.25, 0.3) is 0 Å². The number of unbranched alkanes of at least 4 members (excludes halogenated alkanes) is 18. The fourth-order valence-electron chi connectivity index (χ4n) is 6.31. The molecule has 4 N–H and O–H groups in total. The van der Waals surface area contributed by atoms with Gasteiger partial charge in [0.1, 0.15) is 36.8 Å². The summed E-state index contributed by atoms with van der Waals surface area (Å²) in [5, 5.41) is 30.8. The van der Waals surface area contributed by atoms with E-state index in [4.69, 9.17) is 18.9 Å². The van der Waals surface area contributed by atoms with E-state index in [9.17, 15) is 37.9 Å². The second kappa shape index (κ2) is 34.5. The van der Waals surface area contributed by atoms with Crippen molar-refractivity contribution in [2.75, 3.05) is 19.0 Å². The minimum atomic E-state index is -4.61. The zero-order chi connectivity index (χ0) is 42.0. The molecule has 1 rings (SSSR count). The molecule has 0 amide bonds. The van der Waals surface area contributed by atoms with Crippen molar-refractivity contribution in [3.63, 3.8) is 0 Å². The number of hydrogen-bond acceptors (Lipinski definition) is 11. The van der Waals surface area contributed by atoms with Gasteiger partial charge in [-0.2, -0.15) is 8.42 Å². The lowest BCUT2D eigenvalue weighted by Crippen LogP contribution is -2.60. The maximum Gasteiger partial charge on any atom is 0.330 e. The number of aliphatic hydroxyl groups excluding tert-OH is 3. The van der Waals surface area contributed by atoms with Crippen molar-refractivity contribution in [2.45, 2.75) is 198 Å². The van der Waals surface area contributed by atoms with Crippen LogP contribution in [-0.2, 0) is 38.7 Å². The van der Waals surface area contributed by atoms with Crippen LogP contribution in [0.1, 0.15) is 162 Å². The van der Waals surface area contributed by atoms with E-state index < -0.39 is 71.2 Å². The van der Waals surface area contributed by atoms with Gasteiger partial charge in [0, 0.05) is 12.5 Å². The Morgan fingerprint density at radius 3 is 1.79 bits per heavy atom. The highest BCUT2D eigenvalue weighted by Crippen LogP contribution is 2.24. The first kappa shape index (κ1) is 52.6. The Balaban J connectivity index is 2.54. The Kier molecular flexibility index (Phi) is 31.8. The first-order valence-electron chi connectivity index (χ1n) is 21.7. The van der Waals surface area contributed by atoms with Gasteiger partial charge >= 0.3 is 11.9 Å². The Hall–Kier alpha value is -2.39. The number of carbonyl (C=O) groups excluding carboxylic acids is 2. The molecule has 330 valence electrons. The van der Waals surface area contributed by atoms with Crippen LogP contribution in [-0.4, -0.2) is 96.0 Å². The first-order valence-corrected chi connectivity index (χ1v) is 23.3. The molecule has 0 radical (unpaired) electrons. The lowest BCUT2D eigenvalue weighted by molar-refractivity contribution is -0.297. The van der Waals surface area contributed by atoms with Gasteiger partial charge in [0.25, 0.3) is 10.1 Å². The summed E-state index contributed by atoms with van der Waals surface area (Å²) in [6.45, 7) is 3.58. The summed E-state index contributed by atoms with van der Waals surface area (Å²) in [5.74, 6) is -2.27. The summed E-state index contributed by atoms with van der Waals surface area (Å²) in [5.41, 5.74) is 0. The van der Waals surface area contributed by atoms with Crippen molar-refractivity contribution >= 4 is 22.1 Å². The number of allylic oxidation sites excluding steroid dienone is 7. The molecular formula is C44H76O12S. The molecule has 2 unspecified atom stereocenters. The molecule has 57 heavy (non-hydrogen) atoms. The third kappa shape index (κ3) is 29.5. The highest BCUT2D eigenvalue weighted by molar-refractivity contribution is 7.85. The molecule has 1 heterocycles. The van der Waals surface area contributed by atoms with E-state index >= 15 is 0 Å². The van der Waals surface area contributed by atoms with E-state index in [1.54, 1.807) is 12.2 Å². The molecule has 0 aromatic heterocycles. The molecule has 6 atom stereocenters. The van der Waals surface area contributed by atoms with Crippen molar-refractivity contribution in [1.29, 1.82) is 0 Å². The minimum Gasteiger partial charge on any atom is -0.458 e. The third-order valence-corrected chi connectivity index (χ3v) is 10.5. The summed E-state index contributed by atoms with van der Waals surface area (Å²) < 4.78 is 53.8. The lowest BCUT2D eigenvalue weighted by atomic mass is 10.00. The van der Waals surface area contributed by atoms with Crippen LogP contribution in [0.15, 0.2) is 48.6 Å². The average molecular weight is 829 g/mol. The SMILES string of the molecule is CCCC/C=C/C/C=C/CCCCCCCC(=O)O[C@H](COC(=O)/C=C/C=C/CCCCCCCCCCCCC)CO[C@H]1O[C@H](CS(=O)(=O)O)[C@@H](O)C(O)C1O. The smallest absolute Gasteiger partial charge is 0.330 e. The van der Waals surface area contributed by atoms with Crippen LogP contribution in [0, 0.1) is 0 Å². The second-order valence-electron chi connectivity index (χ2n) is 15.1. The van der Waals surface area contributed by atoms with E-state index in [0.717, 1.165) is 57.8 Å². The number of esters is 2. The average Bonchev–Trinajstić information content (AvgIpc) is 3.17. The van der Waals surface area contributed by atoms with Gasteiger partial charge in [-0.3, -0.25) is 9.35 Å². The number of rotatable bonds is 35. The van der Waals surface area contributed by atoms with Crippen LogP contribution in [0.2, 0.25) is 0 Å². The van der Waals surface area contributed by atoms with Crippen LogP contribution in [0.5, 0.6) is 0 Å². The van der Waals surface area contributed by atoms with Gasteiger partial charge in [-0.15, -0.1) is 0 Å². The number of hydrogen-bond donors (Lipinski definition) is 4. The number of aliphatic hydroxyl groups is 3. The molecule has 1 aliphatic rings. The van der Waals surface area contributed by atoms with Gasteiger partial charge < -0.3 is 34.3 Å². The maximum absolute atomic E-state index is 12.8. The molecule has 0 saturated carbocycles. The van der Waals surface area contributed by atoms with Crippen molar-refractivity contribution in [2.24, 2.45) is 0 Å². The largest absolute Gasteiger partial charge is 0.458 e. The quantitative estimate of drug-likeness (QED) is 0.0120. The fraction of sp³-hybridized carbons (Fsp3) is 0.773. The fourth-order valence-corrected chi connectivity index (χ4v) is 7.00. The predicted octanol–water partition coefficient (Wildman–Crippen LogP) is 8.39. The van der Waals surface area contributed by atoms with E-state index in [1.807, 2.05) is 6.08 Å². The van der Waals surface area contributed by atoms with E-state index in [-0.39, 0.29) is 13.0 Å². The maximum atomic E-state index is 12.8. The van der Waals surface area contributed by atoms with E-state index in [0.29, 0.717) is 6.42 Å². The molecule has 1 fully saturated rings. The molecule has 0 aromatic rings. The topological polar surface area (TPSA) is 186 Å². The van der Waals surface area contributed by atoms with Gasteiger partial charge in [-0.05, 0) is 44.9 Å². The third-order valence-electron chi connectivity index (χ3n) is 9.73. The Labute approximate surface area is 343 Å². The number of ether oxygens (including phenoxy) is 4. The van der Waals surface area contributed by atoms with Gasteiger partial charge in [0.05, 0.1) is 6.61 Å². The standard InChI is InChI=1S/C44H76O12S/c1-3-5-7-9-11-13-15-17-19-21-22-24-26-28-30-32-39(45)53-34-37(35-54-44-43(49)42(48)41(47)38(56-44)36-57(50,51)52)55-40(46)33-31-29-27-25-23-20-18-16-14-12-10-8-6-4-2/h10,12,16,18,26,28,30,32,37-38,41-44,47-49H,3-9,11,13-15,17,19-25,27,29,31,33-36H2,1-2H3,(H,50,51,52)/b12-10+,18-16+,28-26+,32-30+/t37-,38-,41-,42?,43?,44+/m1/s1. The molecule has 0 spiro atoms. The highest BCUT2D eigenvalue weighted by atomic mass is 32.2. The zero-order valence-corrected chi connectivity index (χ0v) is 35.7.